The number of unbranched alkanes of at least 4 members (excludes halogenated alkanes) is 11. The summed E-state index contributed by atoms with van der Waals surface area (Å²) in [6.45, 7) is 2.25. The van der Waals surface area contributed by atoms with Crippen LogP contribution in [0.5, 0.6) is 28.7 Å². The molecule has 0 heterocycles. The van der Waals surface area contributed by atoms with Crippen molar-refractivity contribution < 1.29 is 33.3 Å². The SMILES string of the molecule is CCCCCCCC/C=C\CCCCCCCC(=O)Oc1ccc(C(=O)c2cc(OC)c(OC)c(OC)c2)cc1OC. The molecule has 0 spiro atoms. The molecule has 0 aliphatic rings. The molecule has 0 amide bonds. The minimum Gasteiger partial charge on any atom is -0.493 e. The number of benzene rings is 2. The molecule has 0 aliphatic carbocycles. The second kappa shape index (κ2) is 20.4. The highest BCUT2D eigenvalue weighted by molar-refractivity contribution is 6.10. The Morgan fingerprint density at radius 1 is 0.595 bits per heavy atom. The summed E-state index contributed by atoms with van der Waals surface area (Å²) in [5.41, 5.74) is 0.735. The van der Waals surface area contributed by atoms with Crippen LogP contribution < -0.4 is 23.7 Å². The van der Waals surface area contributed by atoms with Crippen LogP contribution in [0.4, 0.5) is 0 Å². The van der Waals surface area contributed by atoms with Gasteiger partial charge in [0.15, 0.2) is 28.8 Å². The quantitative estimate of drug-likeness (QED) is 0.0451. The highest BCUT2D eigenvalue weighted by Crippen LogP contribution is 2.39. The van der Waals surface area contributed by atoms with Crippen molar-refractivity contribution in [3.8, 4) is 28.7 Å². The Morgan fingerprint density at radius 2 is 1.12 bits per heavy atom. The zero-order valence-electron chi connectivity index (χ0n) is 26.3. The Bertz CT molecular complexity index is 1100. The lowest BCUT2D eigenvalue weighted by Crippen LogP contribution is -2.09. The molecule has 0 aliphatic heterocycles. The molecule has 0 saturated heterocycles. The molecule has 0 aromatic heterocycles. The molecule has 2 rings (SSSR count). The van der Waals surface area contributed by atoms with Crippen LogP contribution in [0.25, 0.3) is 0 Å². The van der Waals surface area contributed by atoms with Crippen LogP contribution in [-0.2, 0) is 4.79 Å². The second-order valence-electron chi connectivity index (χ2n) is 10.4. The molecule has 0 N–H and O–H groups in total. The number of hydrogen-bond donors (Lipinski definition) is 0. The van der Waals surface area contributed by atoms with Crippen LogP contribution in [0, 0.1) is 0 Å². The molecule has 2 aromatic carbocycles. The van der Waals surface area contributed by atoms with Crippen LogP contribution in [0.15, 0.2) is 42.5 Å². The summed E-state index contributed by atoms with van der Waals surface area (Å²) >= 11 is 0. The van der Waals surface area contributed by atoms with E-state index in [1.165, 1.54) is 86.2 Å². The molecule has 0 bridgehead atoms. The molecule has 0 saturated carbocycles. The van der Waals surface area contributed by atoms with Gasteiger partial charge < -0.3 is 23.7 Å². The lowest BCUT2D eigenvalue weighted by molar-refractivity contribution is -0.134. The van der Waals surface area contributed by atoms with Gasteiger partial charge in [0.25, 0.3) is 0 Å². The minimum atomic E-state index is -0.311. The number of hydrogen-bond acceptors (Lipinski definition) is 7. The van der Waals surface area contributed by atoms with Crippen molar-refractivity contribution in [2.75, 3.05) is 28.4 Å². The van der Waals surface area contributed by atoms with Crippen molar-refractivity contribution in [1.82, 2.24) is 0 Å². The Balaban J connectivity index is 1.75. The predicted octanol–water partition coefficient (Wildman–Crippen LogP) is 8.89. The largest absolute Gasteiger partial charge is 0.493 e. The van der Waals surface area contributed by atoms with E-state index in [4.69, 9.17) is 23.7 Å². The van der Waals surface area contributed by atoms with E-state index in [0.717, 1.165) is 25.7 Å². The minimum absolute atomic E-state index is 0.265. The summed E-state index contributed by atoms with van der Waals surface area (Å²) in [5, 5.41) is 0. The monoisotopic (exact) mass is 582 g/mol. The van der Waals surface area contributed by atoms with E-state index < -0.39 is 0 Å². The van der Waals surface area contributed by atoms with Gasteiger partial charge >= 0.3 is 5.97 Å². The van der Waals surface area contributed by atoms with E-state index in [-0.39, 0.29) is 17.5 Å². The number of rotatable bonds is 22. The van der Waals surface area contributed by atoms with Gasteiger partial charge in [-0.25, -0.2) is 0 Å². The number of carbonyl (C=O) groups is 2. The summed E-state index contributed by atoms with van der Waals surface area (Å²) in [6.07, 6.45) is 20.6. The molecular weight excluding hydrogens is 532 g/mol. The molecule has 42 heavy (non-hydrogen) atoms. The van der Waals surface area contributed by atoms with Crippen molar-refractivity contribution >= 4 is 11.8 Å². The van der Waals surface area contributed by atoms with E-state index in [0.29, 0.717) is 40.5 Å². The molecule has 0 atom stereocenters. The first-order chi connectivity index (χ1) is 20.5. The number of carbonyl (C=O) groups excluding carboxylic acids is 2. The standard InChI is InChI=1S/C35H50O7/c1-6-7-8-9-10-11-12-13-14-15-16-17-18-19-20-21-33(36)42-29-23-22-27(24-30(29)38-2)34(37)28-25-31(39-3)35(41-5)32(26-28)40-4/h13-14,22-26H,6-12,15-21H2,1-5H3/b14-13-. The maximum Gasteiger partial charge on any atom is 0.311 e. The van der Waals surface area contributed by atoms with Gasteiger partial charge in [-0.2, -0.15) is 0 Å². The first kappa shape index (κ1) is 34.7. The average Bonchev–Trinajstić information content (AvgIpc) is 3.01. The van der Waals surface area contributed by atoms with Crippen molar-refractivity contribution in [1.29, 1.82) is 0 Å². The number of allylic oxidation sites excluding steroid dienone is 2. The first-order valence-corrected chi connectivity index (χ1v) is 15.4. The Morgan fingerprint density at radius 3 is 1.67 bits per heavy atom. The van der Waals surface area contributed by atoms with Gasteiger partial charge in [0, 0.05) is 17.5 Å². The van der Waals surface area contributed by atoms with Crippen molar-refractivity contribution in [3.63, 3.8) is 0 Å². The van der Waals surface area contributed by atoms with E-state index >= 15 is 0 Å². The number of ketones is 1. The maximum atomic E-state index is 13.2. The Kier molecular flexibility index (Phi) is 16.9. The second-order valence-corrected chi connectivity index (χ2v) is 10.4. The zero-order chi connectivity index (χ0) is 30.6. The summed E-state index contributed by atoms with van der Waals surface area (Å²) < 4.78 is 27.1. The zero-order valence-corrected chi connectivity index (χ0v) is 26.3. The maximum absolute atomic E-state index is 13.2. The number of esters is 1. The van der Waals surface area contributed by atoms with Crippen molar-refractivity contribution in [3.05, 3.63) is 53.6 Å². The molecule has 0 radical (unpaired) electrons. The van der Waals surface area contributed by atoms with E-state index in [1.54, 1.807) is 30.3 Å². The van der Waals surface area contributed by atoms with Gasteiger partial charge in [0.2, 0.25) is 5.75 Å². The third-order valence-corrected chi connectivity index (χ3v) is 7.22. The fraction of sp³-hybridized carbons (Fsp3) is 0.543. The molecular formula is C35H50O7. The van der Waals surface area contributed by atoms with E-state index in [9.17, 15) is 9.59 Å². The van der Waals surface area contributed by atoms with Gasteiger partial charge in [-0.05, 0) is 62.4 Å². The highest BCUT2D eigenvalue weighted by Gasteiger charge is 2.20. The first-order valence-electron chi connectivity index (χ1n) is 15.4. The predicted molar refractivity (Wildman–Crippen MR) is 168 cm³/mol. The summed E-state index contributed by atoms with van der Waals surface area (Å²) in [4.78, 5) is 25.7. The normalized spacial score (nSPS) is 11.0. The van der Waals surface area contributed by atoms with Gasteiger partial charge in [-0.1, -0.05) is 70.4 Å². The van der Waals surface area contributed by atoms with Crippen LogP contribution in [-0.4, -0.2) is 40.2 Å². The lowest BCUT2D eigenvalue weighted by atomic mass is 10.0. The van der Waals surface area contributed by atoms with Gasteiger partial charge in [-0.3, -0.25) is 9.59 Å². The molecule has 0 fully saturated rings. The van der Waals surface area contributed by atoms with E-state index in [1.807, 2.05) is 0 Å². The Labute approximate surface area is 252 Å². The fourth-order valence-corrected chi connectivity index (χ4v) is 4.79. The highest BCUT2D eigenvalue weighted by atomic mass is 16.6. The van der Waals surface area contributed by atoms with Gasteiger partial charge in [0.1, 0.15) is 0 Å². The molecule has 7 heteroatoms. The van der Waals surface area contributed by atoms with Gasteiger partial charge in [-0.15, -0.1) is 0 Å². The third-order valence-electron chi connectivity index (χ3n) is 7.22. The lowest BCUT2D eigenvalue weighted by Gasteiger charge is -2.14. The topological polar surface area (TPSA) is 80.3 Å². The summed E-state index contributed by atoms with van der Waals surface area (Å²) in [6, 6.07) is 7.95. The van der Waals surface area contributed by atoms with Crippen molar-refractivity contribution in [2.24, 2.45) is 0 Å². The summed E-state index contributed by atoms with van der Waals surface area (Å²) in [7, 11) is 5.97. The number of methoxy groups -OCH3 is 4. The smallest absolute Gasteiger partial charge is 0.311 e. The molecule has 232 valence electrons. The average molecular weight is 583 g/mol. The fourth-order valence-electron chi connectivity index (χ4n) is 4.79. The Hall–Kier alpha value is -3.48. The number of ether oxygens (including phenoxy) is 5. The van der Waals surface area contributed by atoms with Gasteiger partial charge in [0.05, 0.1) is 28.4 Å². The molecule has 0 unspecified atom stereocenters. The van der Waals surface area contributed by atoms with Crippen LogP contribution in [0.3, 0.4) is 0 Å². The van der Waals surface area contributed by atoms with Crippen molar-refractivity contribution in [2.45, 2.75) is 96.8 Å². The molecule has 2 aromatic rings. The van der Waals surface area contributed by atoms with E-state index in [2.05, 4.69) is 19.1 Å². The summed E-state index contributed by atoms with van der Waals surface area (Å²) in [5.74, 6) is 1.19. The van der Waals surface area contributed by atoms with Crippen LogP contribution in [0.2, 0.25) is 0 Å². The molecule has 7 nitrogen and oxygen atoms in total. The van der Waals surface area contributed by atoms with Crippen LogP contribution >= 0.6 is 0 Å². The third kappa shape index (κ3) is 11.8. The van der Waals surface area contributed by atoms with Crippen LogP contribution in [0.1, 0.15) is 113 Å².